The number of carbonyl (C=O) groups is 1. The lowest BCUT2D eigenvalue weighted by Gasteiger charge is -2.20. The van der Waals surface area contributed by atoms with Gasteiger partial charge in [-0.15, -0.1) is 0 Å². The average Bonchev–Trinajstić information content (AvgIpc) is 2.67. The highest BCUT2D eigenvalue weighted by Crippen LogP contribution is 2.26. The van der Waals surface area contributed by atoms with Gasteiger partial charge < -0.3 is 13.9 Å². The predicted octanol–water partition coefficient (Wildman–Crippen LogP) is 4.23. The molecule has 0 spiro atoms. The zero-order valence-corrected chi connectivity index (χ0v) is 14.8. The summed E-state index contributed by atoms with van der Waals surface area (Å²) in [5.41, 5.74) is 0.679. The van der Waals surface area contributed by atoms with Gasteiger partial charge in [0.1, 0.15) is 25.2 Å². The van der Waals surface area contributed by atoms with E-state index in [0.29, 0.717) is 24.7 Å². The van der Waals surface area contributed by atoms with Crippen LogP contribution in [0.4, 0.5) is 0 Å². The molecule has 0 atom stereocenters. The summed E-state index contributed by atoms with van der Waals surface area (Å²) in [7, 11) is 0. The topological polar surface area (TPSA) is 65.7 Å². The molecule has 2 aromatic rings. The maximum Gasteiger partial charge on any atom is 0.306 e. The Hall–Kier alpha value is -2.56. The van der Waals surface area contributed by atoms with Crippen LogP contribution in [-0.2, 0) is 22.7 Å². The summed E-state index contributed by atoms with van der Waals surface area (Å²) in [6, 6.07) is 10.9. The molecule has 138 valence electrons. The van der Waals surface area contributed by atoms with Crippen LogP contribution < -0.4 is 10.2 Å². The van der Waals surface area contributed by atoms with Gasteiger partial charge >= 0.3 is 5.97 Å². The van der Waals surface area contributed by atoms with Gasteiger partial charge in [-0.1, -0.05) is 49.6 Å². The minimum Gasteiger partial charge on any atom is -0.482 e. The van der Waals surface area contributed by atoms with Crippen molar-refractivity contribution in [3.63, 3.8) is 0 Å². The molecule has 0 radical (unpaired) electrons. The molecular formula is C21H24O5. The fraction of sp³-hybridized carbons (Fsp3) is 0.429. The van der Waals surface area contributed by atoms with Crippen LogP contribution in [0.2, 0.25) is 0 Å². The third-order valence-corrected chi connectivity index (χ3v) is 4.64. The summed E-state index contributed by atoms with van der Waals surface area (Å²) < 4.78 is 16.1. The van der Waals surface area contributed by atoms with Gasteiger partial charge in [0.2, 0.25) is 11.2 Å². The van der Waals surface area contributed by atoms with E-state index in [-0.39, 0.29) is 23.8 Å². The van der Waals surface area contributed by atoms with Crippen molar-refractivity contribution < 1.29 is 18.7 Å². The van der Waals surface area contributed by atoms with E-state index in [1.807, 2.05) is 30.3 Å². The van der Waals surface area contributed by atoms with Gasteiger partial charge in [0.05, 0.1) is 0 Å². The third kappa shape index (κ3) is 5.48. The highest BCUT2D eigenvalue weighted by molar-refractivity contribution is 5.69. The highest BCUT2D eigenvalue weighted by Gasteiger charge is 2.18. The molecule has 1 aliphatic carbocycles. The Morgan fingerprint density at radius 2 is 1.85 bits per heavy atom. The Morgan fingerprint density at radius 1 is 1.08 bits per heavy atom. The zero-order valence-electron chi connectivity index (χ0n) is 14.8. The van der Waals surface area contributed by atoms with Crippen molar-refractivity contribution in [3.05, 3.63) is 64.2 Å². The number of hydrogen-bond acceptors (Lipinski definition) is 5. The van der Waals surface area contributed by atoms with Crippen molar-refractivity contribution in [1.29, 1.82) is 0 Å². The minimum absolute atomic E-state index is 0.0280. The Kier molecular flexibility index (Phi) is 6.47. The lowest BCUT2D eigenvalue weighted by molar-refractivity contribution is -0.146. The van der Waals surface area contributed by atoms with Gasteiger partial charge in [0, 0.05) is 12.5 Å². The van der Waals surface area contributed by atoms with E-state index in [1.54, 1.807) is 0 Å². The van der Waals surface area contributed by atoms with Crippen LogP contribution in [0, 0.1) is 5.92 Å². The van der Waals surface area contributed by atoms with E-state index in [1.165, 1.54) is 31.6 Å². The van der Waals surface area contributed by atoms with Crippen molar-refractivity contribution >= 4 is 5.97 Å². The van der Waals surface area contributed by atoms with E-state index >= 15 is 0 Å². The molecule has 0 bridgehead atoms. The quantitative estimate of drug-likeness (QED) is 0.695. The molecule has 1 aliphatic rings. The van der Waals surface area contributed by atoms with Gasteiger partial charge in [0.25, 0.3) is 0 Å². The molecule has 0 saturated heterocycles. The first-order chi connectivity index (χ1) is 12.7. The number of ether oxygens (including phenoxy) is 2. The number of rotatable bonds is 7. The summed E-state index contributed by atoms with van der Waals surface area (Å²) in [4.78, 5) is 24.0. The van der Waals surface area contributed by atoms with Crippen molar-refractivity contribution in [2.24, 2.45) is 5.92 Å². The van der Waals surface area contributed by atoms with Crippen molar-refractivity contribution in [1.82, 2.24) is 0 Å². The summed E-state index contributed by atoms with van der Waals surface area (Å²) >= 11 is 0. The number of esters is 1. The van der Waals surface area contributed by atoms with Gasteiger partial charge in [0.15, 0.2) is 0 Å². The molecular weight excluding hydrogens is 332 g/mol. The molecule has 26 heavy (non-hydrogen) atoms. The number of hydrogen-bond donors (Lipinski definition) is 0. The molecule has 0 aliphatic heterocycles. The second-order valence-corrected chi connectivity index (χ2v) is 6.72. The lowest BCUT2D eigenvalue weighted by atomic mass is 9.87. The van der Waals surface area contributed by atoms with E-state index in [4.69, 9.17) is 13.9 Å². The van der Waals surface area contributed by atoms with Crippen molar-refractivity contribution in [2.75, 3.05) is 0 Å². The van der Waals surface area contributed by atoms with Crippen molar-refractivity contribution in [2.45, 2.75) is 51.7 Å². The van der Waals surface area contributed by atoms with Gasteiger partial charge in [-0.2, -0.15) is 0 Å². The van der Waals surface area contributed by atoms with E-state index in [9.17, 15) is 9.59 Å². The fourth-order valence-corrected chi connectivity index (χ4v) is 3.19. The lowest BCUT2D eigenvalue weighted by Crippen LogP contribution is -2.15. The van der Waals surface area contributed by atoms with E-state index in [0.717, 1.165) is 18.4 Å². The monoisotopic (exact) mass is 356 g/mol. The molecule has 1 fully saturated rings. The van der Waals surface area contributed by atoms with Gasteiger partial charge in [-0.05, 0) is 24.3 Å². The molecule has 3 rings (SSSR count). The number of benzene rings is 1. The molecule has 0 unspecified atom stereocenters. The largest absolute Gasteiger partial charge is 0.482 e. The highest BCUT2D eigenvalue weighted by atomic mass is 16.5. The van der Waals surface area contributed by atoms with E-state index in [2.05, 4.69) is 0 Å². The fourth-order valence-electron chi connectivity index (χ4n) is 3.19. The summed E-state index contributed by atoms with van der Waals surface area (Å²) in [6.45, 7) is 0.265. The molecule has 1 heterocycles. The average molecular weight is 356 g/mol. The van der Waals surface area contributed by atoms with Gasteiger partial charge in [-0.3, -0.25) is 9.59 Å². The van der Waals surface area contributed by atoms with E-state index < -0.39 is 0 Å². The minimum atomic E-state index is -0.287. The Morgan fingerprint density at radius 3 is 2.58 bits per heavy atom. The third-order valence-electron chi connectivity index (χ3n) is 4.64. The Balaban J connectivity index is 1.47. The first kappa shape index (κ1) is 18.2. The first-order valence-corrected chi connectivity index (χ1v) is 9.15. The van der Waals surface area contributed by atoms with Crippen LogP contribution in [0.5, 0.6) is 5.75 Å². The molecule has 5 heteroatoms. The normalized spacial score (nSPS) is 14.8. The molecule has 0 N–H and O–H groups in total. The maximum absolute atomic E-state index is 12.1. The van der Waals surface area contributed by atoms with Crippen LogP contribution in [0.1, 0.15) is 49.8 Å². The maximum atomic E-state index is 12.1. The van der Waals surface area contributed by atoms with Crippen LogP contribution in [-0.4, -0.2) is 5.97 Å². The smallest absolute Gasteiger partial charge is 0.306 e. The van der Waals surface area contributed by atoms with Crippen LogP contribution in [0.25, 0.3) is 0 Å². The first-order valence-electron chi connectivity index (χ1n) is 9.15. The SMILES string of the molecule is O=C(CC1CCCCC1)OCc1cc(=O)c(OCc2ccccc2)co1. The van der Waals surface area contributed by atoms with Crippen LogP contribution in [0.15, 0.2) is 51.9 Å². The van der Waals surface area contributed by atoms with Crippen LogP contribution >= 0.6 is 0 Å². The number of carbonyl (C=O) groups excluding carboxylic acids is 1. The molecule has 5 nitrogen and oxygen atoms in total. The second kappa shape index (κ2) is 9.22. The standard InChI is InChI=1S/C21H24O5/c22-19-12-18(14-26-21(23)11-16-7-3-1-4-8-16)24-15-20(19)25-13-17-9-5-2-6-10-17/h2,5-6,9-10,12,15-16H,1,3-4,7-8,11,13-14H2. The summed E-state index contributed by atoms with van der Waals surface area (Å²) in [5.74, 6) is 0.658. The predicted molar refractivity (Wildman–Crippen MR) is 96.7 cm³/mol. The second-order valence-electron chi connectivity index (χ2n) is 6.72. The van der Waals surface area contributed by atoms with Crippen LogP contribution in [0.3, 0.4) is 0 Å². The Bertz CT molecular complexity index is 759. The summed E-state index contributed by atoms with van der Waals surface area (Å²) in [6.07, 6.45) is 7.55. The van der Waals surface area contributed by atoms with Gasteiger partial charge in [-0.25, -0.2) is 0 Å². The summed E-state index contributed by atoms with van der Waals surface area (Å²) in [5, 5.41) is 0. The molecule has 1 aromatic heterocycles. The zero-order chi connectivity index (χ0) is 18.2. The molecule has 1 saturated carbocycles. The molecule has 0 amide bonds. The van der Waals surface area contributed by atoms with Crippen molar-refractivity contribution in [3.8, 4) is 5.75 Å². The Labute approximate surface area is 152 Å². The molecule has 1 aromatic carbocycles.